The van der Waals surface area contributed by atoms with Crippen LogP contribution in [0.15, 0.2) is 53.3 Å². The van der Waals surface area contributed by atoms with Gasteiger partial charge < -0.3 is 15.2 Å². The largest absolute Gasteiger partial charge is 0.366 e. The minimum absolute atomic E-state index is 0.0694. The number of nitrogens with one attached hydrogen (secondary N) is 2. The standard InChI is InChI=1S/C25H28ClN3O2/c1-16(2)14-27-24(30)18-9-6-12-29(15-18)23-22(17-7-4-3-5-8-17)20-13-19(26)10-11-21(20)28-25(23)31/h3-5,7-8,10-11,13,16,18H,6,9,12,14-15H2,1-2H3,(H,27,30)(H,28,31)/t18-/m1/s1. The fraction of sp³-hybridized carbons (Fsp3) is 0.360. The molecule has 1 atom stereocenters. The number of fused-ring (bicyclic) bond motifs is 1. The number of aromatic nitrogens is 1. The summed E-state index contributed by atoms with van der Waals surface area (Å²) in [7, 11) is 0. The number of benzene rings is 2. The molecule has 2 aromatic carbocycles. The SMILES string of the molecule is CC(C)CNC(=O)[C@@H]1CCCN(c2c(-c3ccccc3)c3cc(Cl)ccc3[nH]c2=O)C1. The highest BCUT2D eigenvalue weighted by Crippen LogP contribution is 2.37. The van der Waals surface area contributed by atoms with Crippen LogP contribution in [-0.2, 0) is 4.79 Å². The molecule has 6 heteroatoms. The van der Waals surface area contributed by atoms with Crippen molar-refractivity contribution in [1.29, 1.82) is 0 Å². The van der Waals surface area contributed by atoms with E-state index < -0.39 is 0 Å². The Labute approximate surface area is 187 Å². The third-order valence-electron chi connectivity index (χ3n) is 5.81. The Morgan fingerprint density at radius 3 is 2.74 bits per heavy atom. The summed E-state index contributed by atoms with van der Waals surface area (Å²) >= 11 is 6.32. The van der Waals surface area contributed by atoms with Crippen LogP contribution in [0.4, 0.5) is 5.69 Å². The van der Waals surface area contributed by atoms with Gasteiger partial charge in [-0.1, -0.05) is 55.8 Å². The first-order valence-electron chi connectivity index (χ1n) is 10.9. The third kappa shape index (κ3) is 4.62. The summed E-state index contributed by atoms with van der Waals surface area (Å²) < 4.78 is 0. The van der Waals surface area contributed by atoms with E-state index in [-0.39, 0.29) is 17.4 Å². The fourth-order valence-corrected chi connectivity index (χ4v) is 4.47. The van der Waals surface area contributed by atoms with Crippen LogP contribution in [-0.4, -0.2) is 30.5 Å². The van der Waals surface area contributed by atoms with Gasteiger partial charge in [0, 0.05) is 41.1 Å². The average molecular weight is 438 g/mol. The Hall–Kier alpha value is -2.79. The Morgan fingerprint density at radius 2 is 2.00 bits per heavy atom. The molecule has 0 radical (unpaired) electrons. The van der Waals surface area contributed by atoms with E-state index >= 15 is 0 Å². The van der Waals surface area contributed by atoms with Gasteiger partial charge in [-0.25, -0.2) is 0 Å². The van der Waals surface area contributed by atoms with Gasteiger partial charge in [0.15, 0.2) is 0 Å². The predicted octanol–water partition coefficient (Wildman–Crippen LogP) is 4.84. The van der Waals surface area contributed by atoms with Crippen molar-refractivity contribution < 1.29 is 4.79 Å². The van der Waals surface area contributed by atoms with Crippen LogP contribution < -0.4 is 15.8 Å². The average Bonchev–Trinajstić information content (AvgIpc) is 2.77. The maximum Gasteiger partial charge on any atom is 0.272 e. The number of aromatic amines is 1. The van der Waals surface area contributed by atoms with Crippen molar-refractivity contribution in [3.8, 4) is 11.1 Å². The molecular formula is C25H28ClN3O2. The highest BCUT2D eigenvalue weighted by molar-refractivity contribution is 6.31. The van der Waals surface area contributed by atoms with E-state index in [0.29, 0.717) is 29.7 Å². The van der Waals surface area contributed by atoms with E-state index in [2.05, 4.69) is 29.0 Å². The first kappa shape index (κ1) is 21.4. The van der Waals surface area contributed by atoms with Crippen molar-refractivity contribution in [2.24, 2.45) is 11.8 Å². The number of H-pyrrole nitrogens is 1. The number of halogens is 1. The molecule has 0 saturated carbocycles. The molecule has 4 rings (SSSR count). The van der Waals surface area contributed by atoms with Crippen LogP contribution in [0.5, 0.6) is 0 Å². The molecule has 0 bridgehead atoms. The zero-order valence-electron chi connectivity index (χ0n) is 18.0. The van der Waals surface area contributed by atoms with E-state index in [9.17, 15) is 9.59 Å². The summed E-state index contributed by atoms with van der Waals surface area (Å²) in [6, 6.07) is 15.4. The minimum Gasteiger partial charge on any atom is -0.366 e. The summed E-state index contributed by atoms with van der Waals surface area (Å²) in [6.45, 7) is 6.10. The molecule has 5 nitrogen and oxygen atoms in total. The Kier molecular flexibility index (Phi) is 6.33. The molecule has 1 aliphatic heterocycles. The quantitative estimate of drug-likeness (QED) is 0.600. The molecule has 2 N–H and O–H groups in total. The number of pyridine rings is 1. The number of hydrogen-bond donors (Lipinski definition) is 2. The first-order chi connectivity index (χ1) is 14.9. The van der Waals surface area contributed by atoms with Crippen LogP contribution in [0.25, 0.3) is 22.0 Å². The maximum absolute atomic E-state index is 13.3. The van der Waals surface area contributed by atoms with Crippen molar-refractivity contribution >= 4 is 34.1 Å². The Balaban J connectivity index is 1.79. The normalized spacial score (nSPS) is 16.6. The number of rotatable bonds is 5. The molecule has 2 heterocycles. The van der Waals surface area contributed by atoms with Gasteiger partial charge >= 0.3 is 0 Å². The lowest BCUT2D eigenvalue weighted by Gasteiger charge is -2.34. The monoisotopic (exact) mass is 437 g/mol. The van der Waals surface area contributed by atoms with Gasteiger partial charge in [0.1, 0.15) is 5.69 Å². The van der Waals surface area contributed by atoms with Crippen molar-refractivity contribution in [2.75, 3.05) is 24.5 Å². The van der Waals surface area contributed by atoms with Crippen molar-refractivity contribution in [3.63, 3.8) is 0 Å². The molecule has 31 heavy (non-hydrogen) atoms. The number of hydrogen-bond acceptors (Lipinski definition) is 3. The topological polar surface area (TPSA) is 65.2 Å². The summed E-state index contributed by atoms with van der Waals surface area (Å²) in [5.74, 6) is 0.340. The molecule has 1 amide bonds. The highest BCUT2D eigenvalue weighted by Gasteiger charge is 2.29. The lowest BCUT2D eigenvalue weighted by atomic mass is 9.93. The second-order valence-electron chi connectivity index (χ2n) is 8.66. The lowest BCUT2D eigenvalue weighted by Crippen LogP contribution is -2.45. The number of carbonyl (C=O) groups excluding carboxylic acids is 1. The molecular weight excluding hydrogens is 410 g/mol. The van der Waals surface area contributed by atoms with Gasteiger partial charge in [0.25, 0.3) is 5.56 Å². The van der Waals surface area contributed by atoms with Crippen molar-refractivity contribution in [3.05, 3.63) is 63.9 Å². The van der Waals surface area contributed by atoms with E-state index in [1.165, 1.54) is 0 Å². The number of nitrogens with zero attached hydrogens (tertiary/aromatic N) is 1. The Morgan fingerprint density at radius 1 is 1.23 bits per heavy atom. The van der Waals surface area contributed by atoms with Gasteiger partial charge in [0.2, 0.25) is 5.91 Å². The van der Waals surface area contributed by atoms with Gasteiger partial charge in [-0.05, 0) is 42.5 Å². The van der Waals surface area contributed by atoms with Crippen LogP contribution in [0.2, 0.25) is 5.02 Å². The molecule has 1 aromatic heterocycles. The smallest absolute Gasteiger partial charge is 0.272 e. The summed E-state index contributed by atoms with van der Waals surface area (Å²) in [5, 5.41) is 4.57. The van der Waals surface area contributed by atoms with Crippen LogP contribution >= 0.6 is 11.6 Å². The van der Waals surface area contributed by atoms with Crippen LogP contribution in [0.1, 0.15) is 26.7 Å². The van der Waals surface area contributed by atoms with Crippen LogP contribution in [0.3, 0.4) is 0 Å². The zero-order chi connectivity index (χ0) is 22.0. The fourth-order valence-electron chi connectivity index (χ4n) is 4.30. The van der Waals surface area contributed by atoms with Crippen molar-refractivity contribution in [1.82, 2.24) is 10.3 Å². The molecule has 1 saturated heterocycles. The van der Waals surface area contributed by atoms with E-state index in [1.54, 1.807) is 6.07 Å². The van der Waals surface area contributed by atoms with Gasteiger partial charge in [0.05, 0.1) is 5.92 Å². The Bertz CT molecular complexity index is 1140. The second kappa shape index (κ2) is 9.15. The molecule has 0 aliphatic carbocycles. The lowest BCUT2D eigenvalue weighted by molar-refractivity contribution is -0.125. The molecule has 0 spiro atoms. The molecule has 3 aromatic rings. The highest BCUT2D eigenvalue weighted by atomic mass is 35.5. The minimum atomic E-state index is -0.142. The van der Waals surface area contributed by atoms with Gasteiger partial charge in [-0.15, -0.1) is 0 Å². The van der Waals surface area contributed by atoms with E-state index in [1.807, 2.05) is 42.5 Å². The second-order valence-corrected chi connectivity index (χ2v) is 9.09. The van der Waals surface area contributed by atoms with Crippen molar-refractivity contribution in [2.45, 2.75) is 26.7 Å². The molecule has 162 valence electrons. The summed E-state index contributed by atoms with van der Waals surface area (Å²) in [4.78, 5) is 31.1. The maximum atomic E-state index is 13.3. The summed E-state index contributed by atoms with van der Waals surface area (Å²) in [6.07, 6.45) is 1.69. The molecule has 1 aliphatic rings. The number of amides is 1. The predicted molar refractivity (Wildman–Crippen MR) is 128 cm³/mol. The van der Waals surface area contributed by atoms with Gasteiger partial charge in [-0.2, -0.15) is 0 Å². The number of piperidine rings is 1. The third-order valence-corrected chi connectivity index (χ3v) is 6.04. The first-order valence-corrected chi connectivity index (χ1v) is 11.3. The molecule has 1 fully saturated rings. The molecule has 0 unspecified atom stereocenters. The summed E-state index contributed by atoms with van der Waals surface area (Å²) in [5.41, 5.74) is 3.05. The van der Waals surface area contributed by atoms with E-state index in [4.69, 9.17) is 11.6 Å². The number of carbonyl (C=O) groups is 1. The van der Waals surface area contributed by atoms with E-state index in [0.717, 1.165) is 41.4 Å². The van der Waals surface area contributed by atoms with Gasteiger partial charge in [-0.3, -0.25) is 9.59 Å². The number of anilines is 1. The zero-order valence-corrected chi connectivity index (χ0v) is 18.7. The van der Waals surface area contributed by atoms with Crippen LogP contribution in [0, 0.1) is 11.8 Å².